The minimum Gasteiger partial charge on any atom is -0.346 e. The van der Waals surface area contributed by atoms with Gasteiger partial charge in [-0.2, -0.15) is 4.98 Å². The second-order valence-corrected chi connectivity index (χ2v) is 6.60. The minimum atomic E-state index is -0.533. The summed E-state index contributed by atoms with van der Waals surface area (Å²) in [6, 6.07) is 0. The van der Waals surface area contributed by atoms with Crippen molar-refractivity contribution in [2.75, 3.05) is 13.6 Å². The molecule has 0 atom stereocenters. The summed E-state index contributed by atoms with van der Waals surface area (Å²) < 4.78 is 5.35. The Morgan fingerprint density at radius 3 is 2.50 bits per heavy atom. The predicted octanol–water partition coefficient (Wildman–Crippen LogP) is 2.17. The molecule has 0 saturated heterocycles. The molecule has 1 aliphatic carbocycles. The maximum atomic E-state index is 11.9. The topological polar surface area (TPSA) is 88.3 Å². The number of nitrogens with one attached hydrogen (secondary N) is 1. The van der Waals surface area contributed by atoms with Gasteiger partial charge in [0.1, 0.15) is 5.54 Å². The van der Waals surface area contributed by atoms with Crippen molar-refractivity contribution < 1.29 is 14.1 Å². The number of aryl methyl sites for hydroxylation is 1. The molecule has 0 spiro atoms. The van der Waals surface area contributed by atoms with Crippen LogP contribution in [0.25, 0.3) is 0 Å². The summed E-state index contributed by atoms with van der Waals surface area (Å²) in [5.41, 5.74) is -0.533. The standard InChI is InChI=1S/C17H28N4O3/c1-4-21(3)15(23)10-9-14-18-16(20-24-14)17(19-13(2)22)11-7-5-6-8-12-17/h4-12H2,1-3H3,(H,19,22). The maximum absolute atomic E-state index is 11.9. The molecule has 1 heterocycles. The Morgan fingerprint density at radius 2 is 1.92 bits per heavy atom. The summed E-state index contributed by atoms with van der Waals surface area (Å²) in [6.07, 6.45) is 6.79. The molecule has 1 N–H and O–H groups in total. The SMILES string of the molecule is CCN(C)C(=O)CCc1nc(C2(NC(C)=O)CCCCCC2)no1. The van der Waals surface area contributed by atoms with Crippen LogP contribution in [0.4, 0.5) is 0 Å². The van der Waals surface area contributed by atoms with Crippen LogP contribution < -0.4 is 5.32 Å². The zero-order valence-electron chi connectivity index (χ0n) is 14.9. The first-order valence-corrected chi connectivity index (χ1v) is 8.82. The summed E-state index contributed by atoms with van der Waals surface area (Å²) in [7, 11) is 1.78. The lowest BCUT2D eigenvalue weighted by molar-refractivity contribution is -0.129. The molecule has 1 aromatic rings. The first-order chi connectivity index (χ1) is 11.5. The van der Waals surface area contributed by atoms with Crippen molar-refractivity contribution in [2.24, 2.45) is 0 Å². The summed E-state index contributed by atoms with van der Waals surface area (Å²) in [5.74, 6) is 0.981. The number of amides is 2. The molecule has 2 rings (SSSR count). The molecule has 0 bridgehead atoms. The molecule has 7 nitrogen and oxygen atoms in total. The second kappa shape index (κ2) is 8.26. The van der Waals surface area contributed by atoms with Crippen LogP contribution in [0.5, 0.6) is 0 Å². The number of nitrogens with zero attached hydrogens (tertiary/aromatic N) is 3. The van der Waals surface area contributed by atoms with E-state index < -0.39 is 5.54 Å². The zero-order chi connectivity index (χ0) is 17.6. The largest absolute Gasteiger partial charge is 0.346 e. The molecule has 1 aliphatic rings. The summed E-state index contributed by atoms with van der Waals surface area (Å²) in [6.45, 7) is 4.14. The fourth-order valence-corrected chi connectivity index (χ4v) is 3.21. The predicted molar refractivity (Wildman–Crippen MR) is 89.1 cm³/mol. The van der Waals surface area contributed by atoms with Crippen molar-refractivity contribution >= 4 is 11.8 Å². The number of aromatic nitrogens is 2. The Labute approximate surface area is 143 Å². The lowest BCUT2D eigenvalue weighted by atomic mass is 9.89. The van der Waals surface area contributed by atoms with Gasteiger partial charge in [0.15, 0.2) is 5.82 Å². The van der Waals surface area contributed by atoms with Crippen molar-refractivity contribution in [3.8, 4) is 0 Å². The third kappa shape index (κ3) is 4.55. The van der Waals surface area contributed by atoms with E-state index in [9.17, 15) is 9.59 Å². The summed E-state index contributed by atoms with van der Waals surface area (Å²) in [5, 5.41) is 7.18. The third-order valence-corrected chi connectivity index (χ3v) is 4.72. The molecular formula is C17H28N4O3. The van der Waals surface area contributed by atoms with E-state index in [4.69, 9.17) is 4.52 Å². The van der Waals surface area contributed by atoms with E-state index in [-0.39, 0.29) is 11.8 Å². The van der Waals surface area contributed by atoms with Gasteiger partial charge in [0.2, 0.25) is 17.7 Å². The van der Waals surface area contributed by atoms with Crippen LogP contribution in [0, 0.1) is 0 Å². The quantitative estimate of drug-likeness (QED) is 0.804. The number of rotatable bonds is 6. The lowest BCUT2D eigenvalue weighted by Gasteiger charge is -2.30. The van der Waals surface area contributed by atoms with Crippen LogP contribution in [0.2, 0.25) is 0 Å². The molecular weight excluding hydrogens is 308 g/mol. The molecule has 134 valence electrons. The monoisotopic (exact) mass is 336 g/mol. The highest BCUT2D eigenvalue weighted by molar-refractivity contribution is 5.76. The second-order valence-electron chi connectivity index (χ2n) is 6.60. The van der Waals surface area contributed by atoms with E-state index in [0.29, 0.717) is 31.1 Å². The highest BCUT2D eigenvalue weighted by atomic mass is 16.5. The molecule has 0 aromatic carbocycles. The zero-order valence-corrected chi connectivity index (χ0v) is 14.9. The molecule has 0 unspecified atom stereocenters. The first-order valence-electron chi connectivity index (χ1n) is 8.82. The van der Waals surface area contributed by atoms with Crippen LogP contribution in [-0.2, 0) is 21.5 Å². The molecule has 24 heavy (non-hydrogen) atoms. The molecule has 0 radical (unpaired) electrons. The average Bonchev–Trinajstić information content (AvgIpc) is 2.92. The van der Waals surface area contributed by atoms with Crippen molar-refractivity contribution in [1.29, 1.82) is 0 Å². The van der Waals surface area contributed by atoms with Crippen LogP contribution in [0.3, 0.4) is 0 Å². The molecule has 1 aromatic heterocycles. The number of hydrogen-bond donors (Lipinski definition) is 1. The first kappa shape index (κ1) is 18.4. The van der Waals surface area contributed by atoms with Crippen molar-refractivity contribution in [3.63, 3.8) is 0 Å². The van der Waals surface area contributed by atoms with Gasteiger partial charge in [-0.25, -0.2) is 0 Å². The van der Waals surface area contributed by atoms with Crippen LogP contribution in [0.15, 0.2) is 4.52 Å². The Morgan fingerprint density at radius 1 is 1.25 bits per heavy atom. The lowest BCUT2D eigenvalue weighted by Crippen LogP contribution is -2.45. The van der Waals surface area contributed by atoms with Gasteiger partial charge in [-0.15, -0.1) is 0 Å². The van der Waals surface area contributed by atoms with Crippen molar-refractivity contribution in [2.45, 2.75) is 70.8 Å². The molecule has 1 fully saturated rings. The van der Waals surface area contributed by atoms with Gasteiger partial charge in [-0.05, 0) is 19.8 Å². The van der Waals surface area contributed by atoms with Crippen LogP contribution in [0.1, 0.15) is 70.5 Å². The smallest absolute Gasteiger partial charge is 0.227 e. The molecule has 0 aliphatic heterocycles. The fourth-order valence-electron chi connectivity index (χ4n) is 3.21. The van der Waals surface area contributed by atoms with Gasteiger partial charge >= 0.3 is 0 Å². The molecule has 1 saturated carbocycles. The van der Waals surface area contributed by atoms with Gasteiger partial charge in [-0.1, -0.05) is 30.8 Å². The van der Waals surface area contributed by atoms with Gasteiger partial charge in [-0.3, -0.25) is 9.59 Å². The summed E-state index contributed by atoms with van der Waals surface area (Å²) in [4.78, 5) is 29.7. The normalized spacial score (nSPS) is 17.1. The van der Waals surface area contributed by atoms with Crippen molar-refractivity contribution in [1.82, 2.24) is 20.4 Å². The maximum Gasteiger partial charge on any atom is 0.227 e. The Bertz CT molecular complexity index is 562. The average molecular weight is 336 g/mol. The van der Waals surface area contributed by atoms with E-state index in [1.165, 1.54) is 6.92 Å². The van der Waals surface area contributed by atoms with Gasteiger partial charge in [0.05, 0.1) is 0 Å². The van der Waals surface area contributed by atoms with E-state index >= 15 is 0 Å². The minimum absolute atomic E-state index is 0.0586. The van der Waals surface area contributed by atoms with E-state index in [1.807, 2.05) is 6.92 Å². The van der Waals surface area contributed by atoms with Crippen LogP contribution in [-0.4, -0.2) is 40.4 Å². The number of carbonyl (C=O) groups excluding carboxylic acids is 2. The Kier molecular flexibility index (Phi) is 6.34. The van der Waals surface area contributed by atoms with Gasteiger partial charge in [0.25, 0.3) is 0 Å². The number of hydrogen-bond acceptors (Lipinski definition) is 5. The van der Waals surface area contributed by atoms with E-state index in [0.717, 1.165) is 38.5 Å². The molecule has 2 amide bonds. The highest BCUT2D eigenvalue weighted by Gasteiger charge is 2.38. The van der Waals surface area contributed by atoms with Gasteiger partial charge < -0.3 is 14.7 Å². The van der Waals surface area contributed by atoms with E-state index in [1.54, 1.807) is 11.9 Å². The Balaban J connectivity index is 2.10. The Hall–Kier alpha value is -1.92. The summed E-state index contributed by atoms with van der Waals surface area (Å²) >= 11 is 0. The van der Waals surface area contributed by atoms with Gasteiger partial charge in [0, 0.05) is 33.4 Å². The van der Waals surface area contributed by atoms with Crippen molar-refractivity contribution in [3.05, 3.63) is 11.7 Å². The van der Waals surface area contributed by atoms with Crippen LogP contribution >= 0.6 is 0 Å². The highest BCUT2D eigenvalue weighted by Crippen LogP contribution is 2.34. The number of carbonyl (C=O) groups is 2. The molecule has 7 heteroatoms. The third-order valence-electron chi connectivity index (χ3n) is 4.72. The fraction of sp³-hybridized carbons (Fsp3) is 0.765. The van der Waals surface area contributed by atoms with E-state index in [2.05, 4.69) is 15.5 Å².